The van der Waals surface area contributed by atoms with E-state index in [0.717, 1.165) is 56.0 Å². The number of aromatic nitrogens is 4. The highest BCUT2D eigenvalue weighted by Crippen LogP contribution is 2.26. The van der Waals surface area contributed by atoms with Crippen molar-refractivity contribution < 1.29 is 14.7 Å². The van der Waals surface area contributed by atoms with Gasteiger partial charge in [0.05, 0.1) is 5.69 Å². The molecule has 1 aliphatic carbocycles. The maximum Gasteiger partial charge on any atom is 0.290 e. The van der Waals surface area contributed by atoms with Gasteiger partial charge in [0.15, 0.2) is 0 Å². The second kappa shape index (κ2) is 10.0. The van der Waals surface area contributed by atoms with Crippen LogP contribution in [-0.4, -0.2) is 56.8 Å². The molecule has 1 unspecified atom stereocenters. The molecule has 2 aliphatic rings. The SMILES string of the molecule is O=C(NC1CC1)c1ccc(CC2CCN(c3nnnn3-c3ccccc3)C2)cc1.O=CO. The lowest BCUT2D eigenvalue weighted by Crippen LogP contribution is -2.25. The highest BCUT2D eigenvalue weighted by atomic mass is 16.3. The quantitative estimate of drug-likeness (QED) is 0.573. The summed E-state index contributed by atoms with van der Waals surface area (Å²) >= 11 is 0. The van der Waals surface area contributed by atoms with E-state index in [-0.39, 0.29) is 12.4 Å². The Balaban J connectivity index is 0.000000775. The summed E-state index contributed by atoms with van der Waals surface area (Å²) in [5, 5.41) is 22.2. The average Bonchev–Trinajstić information content (AvgIpc) is 3.29. The standard InChI is InChI=1S/C22H24N6O.CH2O2/c29-21(23-19-10-11-19)18-8-6-16(7-9-18)14-17-12-13-27(15-17)22-24-25-26-28(22)20-4-2-1-3-5-20;2-1-3/h1-9,17,19H,10-15H2,(H,23,29);1H,(H,2,3). The number of carbonyl (C=O) groups excluding carboxylic acids is 1. The molecule has 9 nitrogen and oxygen atoms in total. The van der Waals surface area contributed by atoms with Crippen molar-refractivity contribution in [1.82, 2.24) is 25.5 Å². The van der Waals surface area contributed by atoms with E-state index in [1.807, 2.05) is 42.5 Å². The fourth-order valence-electron chi connectivity index (χ4n) is 3.92. The van der Waals surface area contributed by atoms with Crippen molar-refractivity contribution in [3.63, 3.8) is 0 Å². The van der Waals surface area contributed by atoms with Crippen molar-refractivity contribution >= 4 is 18.3 Å². The van der Waals surface area contributed by atoms with Gasteiger partial charge in [-0.25, -0.2) is 0 Å². The Hall–Kier alpha value is -3.75. The van der Waals surface area contributed by atoms with Crippen LogP contribution in [0.1, 0.15) is 35.2 Å². The van der Waals surface area contributed by atoms with Crippen molar-refractivity contribution in [3.8, 4) is 5.69 Å². The predicted octanol–water partition coefficient (Wildman–Crippen LogP) is 2.32. The molecule has 1 aliphatic heterocycles. The van der Waals surface area contributed by atoms with E-state index < -0.39 is 0 Å². The molecule has 0 radical (unpaired) electrons. The van der Waals surface area contributed by atoms with Crippen molar-refractivity contribution in [2.45, 2.75) is 31.7 Å². The van der Waals surface area contributed by atoms with E-state index >= 15 is 0 Å². The maximum atomic E-state index is 12.1. The van der Waals surface area contributed by atoms with Crippen LogP contribution in [0.4, 0.5) is 5.95 Å². The summed E-state index contributed by atoms with van der Waals surface area (Å²) in [4.78, 5) is 22.8. The number of para-hydroxylation sites is 1. The van der Waals surface area contributed by atoms with Gasteiger partial charge in [0.1, 0.15) is 0 Å². The third-order valence-electron chi connectivity index (χ3n) is 5.68. The van der Waals surface area contributed by atoms with Crippen LogP contribution in [0.5, 0.6) is 0 Å². The predicted molar refractivity (Wildman–Crippen MR) is 119 cm³/mol. The Labute approximate surface area is 186 Å². The number of hydrogen-bond donors (Lipinski definition) is 2. The minimum Gasteiger partial charge on any atom is -0.483 e. The van der Waals surface area contributed by atoms with Crippen molar-refractivity contribution in [2.75, 3.05) is 18.0 Å². The topological polar surface area (TPSA) is 113 Å². The first-order chi connectivity index (χ1) is 15.7. The van der Waals surface area contributed by atoms with E-state index in [4.69, 9.17) is 9.90 Å². The number of rotatable bonds is 6. The summed E-state index contributed by atoms with van der Waals surface area (Å²) in [6, 6.07) is 18.4. The molecule has 9 heteroatoms. The molecular weight excluding hydrogens is 408 g/mol. The van der Waals surface area contributed by atoms with Gasteiger partial charge in [-0.15, -0.1) is 0 Å². The molecule has 0 spiro atoms. The van der Waals surface area contributed by atoms with Crippen LogP contribution >= 0.6 is 0 Å². The monoisotopic (exact) mass is 434 g/mol. The Morgan fingerprint density at radius 3 is 2.50 bits per heavy atom. The van der Waals surface area contributed by atoms with Gasteiger partial charge in [-0.3, -0.25) is 9.59 Å². The first kappa shape index (κ1) is 21.5. The molecule has 2 aromatic carbocycles. The molecule has 1 saturated heterocycles. The molecule has 2 fully saturated rings. The zero-order valence-corrected chi connectivity index (χ0v) is 17.7. The van der Waals surface area contributed by atoms with Gasteiger partial charge in [-0.1, -0.05) is 35.4 Å². The van der Waals surface area contributed by atoms with Gasteiger partial charge in [-0.2, -0.15) is 4.68 Å². The number of tetrazole rings is 1. The molecule has 3 aromatic rings. The second-order valence-electron chi connectivity index (χ2n) is 8.08. The lowest BCUT2D eigenvalue weighted by molar-refractivity contribution is -0.122. The maximum absolute atomic E-state index is 12.1. The third kappa shape index (κ3) is 5.29. The largest absolute Gasteiger partial charge is 0.483 e. The summed E-state index contributed by atoms with van der Waals surface area (Å²) in [5.41, 5.74) is 2.98. The van der Waals surface area contributed by atoms with Crippen LogP contribution in [-0.2, 0) is 11.2 Å². The zero-order chi connectivity index (χ0) is 22.3. The Kier molecular flexibility index (Phi) is 6.74. The smallest absolute Gasteiger partial charge is 0.290 e. The zero-order valence-electron chi connectivity index (χ0n) is 17.7. The minimum atomic E-state index is -0.250. The fourth-order valence-corrected chi connectivity index (χ4v) is 3.92. The molecule has 166 valence electrons. The van der Waals surface area contributed by atoms with Crippen molar-refractivity contribution in [1.29, 1.82) is 0 Å². The first-order valence-corrected chi connectivity index (χ1v) is 10.7. The molecule has 1 saturated carbocycles. The number of nitrogens with zero attached hydrogens (tertiary/aromatic N) is 5. The molecule has 1 aromatic heterocycles. The van der Waals surface area contributed by atoms with Crippen LogP contribution in [0, 0.1) is 5.92 Å². The van der Waals surface area contributed by atoms with Crippen LogP contribution < -0.4 is 10.2 Å². The number of hydrogen-bond acceptors (Lipinski definition) is 6. The first-order valence-electron chi connectivity index (χ1n) is 10.7. The summed E-state index contributed by atoms with van der Waals surface area (Å²) in [6.07, 6.45) is 4.31. The van der Waals surface area contributed by atoms with Crippen LogP contribution in [0.25, 0.3) is 5.69 Å². The Morgan fingerprint density at radius 2 is 1.81 bits per heavy atom. The van der Waals surface area contributed by atoms with Crippen molar-refractivity contribution in [2.24, 2.45) is 5.92 Å². The number of nitrogens with one attached hydrogen (secondary N) is 1. The van der Waals surface area contributed by atoms with E-state index in [0.29, 0.717) is 12.0 Å². The van der Waals surface area contributed by atoms with E-state index in [1.165, 1.54) is 5.56 Å². The van der Waals surface area contributed by atoms with Crippen LogP contribution in [0.2, 0.25) is 0 Å². The number of carboxylic acid groups (broad SMARTS) is 1. The highest BCUT2D eigenvalue weighted by Gasteiger charge is 2.27. The molecule has 5 rings (SSSR count). The fraction of sp³-hybridized carbons (Fsp3) is 0.348. The second-order valence-corrected chi connectivity index (χ2v) is 8.08. The minimum absolute atomic E-state index is 0.0406. The molecule has 0 bridgehead atoms. The molecule has 2 heterocycles. The van der Waals surface area contributed by atoms with Gasteiger partial charge in [0.25, 0.3) is 12.4 Å². The van der Waals surface area contributed by atoms with E-state index in [9.17, 15) is 4.79 Å². The molecule has 1 atom stereocenters. The van der Waals surface area contributed by atoms with Crippen LogP contribution in [0.3, 0.4) is 0 Å². The third-order valence-corrected chi connectivity index (χ3v) is 5.68. The van der Waals surface area contributed by atoms with Crippen LogP contribution in [0.15, 0.2) is 54.6 Å². The summed E-state index contributed by atoms with van der Waals surface area (Å²) in [6.45, 7) is 1.62. The Morgan fingerprint density at radius 1 is 1.09 bits per heavy atom. The van der Waals surface area contributed by atoms with Crippen molar-refractivity contribution in [3.05, 3.63) is 65.7 Å². The lowest BCUT2D eigenvalue weighted by atomic mass is 9.98. The number of benzene rings is 2. The molecule has 32 heavy (non-hydrogen) atoms. The van der Waals surface area contributed by atoms with Gasteiger partial charge in [-0.05, 0) is 71.9 Å². The van der Waals surface area contributed by atoms with Gasteiger partial charge < -0.3 is 15.3 Å². The number of amides is 1. The summed E-state index contributed by atoms with van der Waals surface area (Å²) in [5.74, 6) is 1.38. The van der Waals surface area contributed by atoms with Gasteiger partial charge in [0.2, 0.25) is 5.95 Å². The number of carbonyl (C=O) groups is 2. The summed E-state index contributed by atoms with van der Waals surface area (Å²) in [7, 11) is 0. The molecule has 2 N–H and O–H groups in total. The lowest BCUT2D eigenvalue weighted by Gasteiger charge is -2.17. The van der Waals surface area contributed by atoms with E-state index in [2.05, 4.69) is 37.9 Å². The van der Waals surface area contributed by atoms with E-state index in [1.54, 1.807) is 4.68 Å². The van der Waals surface area contributed by atoms with Gasteiger partial charge >= 0.3 is 0 Å². The van der Waals surface area contributed by atoms with Gasteiger partial charge in [0, 0.05) is 24.7 Å². The summed E-state index contributed by atoms with van der Waals surface area (Å²) < 4.78 is 1.80. The normalized spacial score (nSPS) is 17.4. The average molecular weight is 435 g/mol. The number of anilines is 1. The Bertz CT molecular complexity index is 1030. The highest BCUT2D eigenvalue weighted by molar-refractivity contribution is 5.94. The molecular formula is C23H26N6O3. The molecule has 1 amide bonds.